The number of imidazole rings is 1. The Hall–Kier alpha value is -1.63. The second kappa shape index (κ2) is 3.69. The summed E-state index contributed by atoms with van der Waals surface area (Å²) in [4.78, 5) is 15.9. The van der Waals surface area contributed by atoms with Crippen LogP contribution in [0.5, 0.6) is 0 Å². The summed E-state index contributed by atoms with van der Waals surface area (Å²) in [7, 11) is 1.71. The molecule has 7 nitrogen and oxygen atoms in total. The molecular formula is C10H16N4O3. The van der Waals surface area contributed by atoms with Crippen LogP contribution in [0.25, 0.3) is 0 Å². The van der Waals surface area contributed by atoms with Gasteiger partial charge in [-0.2, -0.15) is 0 Å². The summed E-state index contributed by atoms with van der Waals surface area (Å²) in [5.41, 5.74) is -0.752. The molecule has 0 unspecified atom stereocenters. The first-order valence-electron chi connectivity index (χ1n) is 5.48. The van der Waals surface area contributed by atoms with E-state index >= 15 is 0 Å². The maximum atomic E-state index is 10.8. The summed E-state index contributed by atoms with van der Waals surface area (Å²) in [5, 5.41) is 21.0. The fourth-order valence-electron chi connectivity index (χ4n) is 2.03. The average Bonchev–Trinajstić information content (AvgIpc) is 2.55. The third-order valence-corrected chi connectivity index (χ3v) is 3.36. The molecule has 2 heterocycles. The average molecular weight is 240 g/mol. The monoisotopic (exact) mass is 240 g/mol. The predicted octanol–water partition coefficient (Wildman–Crippen LogP) is 0.535. The molecule has 0 spiro atoms. The van der Waals surface area contributed by atoms with Gasteiger partial charge in [-0.25, -0.2) is 0 Å². The molecule has 94 valence electrons. The maximum Gasteiger partial charge on any atom is 0.406 e. The van der Waals surface area contributed by atoms with Gasteiger partial charge in [-0.3, -0.25) is 4.57 Å². The van der Waals surface area contributed by atoms with Gasteiger partial charge in [-0.15, -0.1) is 0 Å². The van der Waals surface area contributed by atoms with Crippen molar-refractivity contribution < 1.29 is 10.0 Å². The molecule has 17 heavy (non-hydrogen) atoms. The number of rotatable bonds is 3. The van der Waals surface area contributed by atoms with Gasteiger partial charge in [0, 0.05) is 7.05 Å². The summed E-state index contributed by atoms with van der Waals surface area (Å²) in [6, 6.07) is 0. The van der Waals surface area contributed by atoms with E-state index in [1.807, 2.05) is 13.8 Å². The van der Waals surface area contributed by atoms with E-state index in [2.05, 4.69) is 4.98 Å². The van der Waals surface area contributed by atoms with Crippen LogP contribution in [0, 0.1) is 16.0 Å². The molecular weight excluding hydrogens is 224 g/mol. The van der Waals surface area contributed by atoms with Crippen LogP contribution in [0.2, 0.25) is 0 Å². The minimum atomic E-state index is -0.752. The first-order valence-corrected chi connectivity index (χ1v) is 5.48. The Morgan fingerprint density at radius 3 is 2.65 bits per heavy atom. The van der Waals surface area contributed by atoms with E-state index in [0.717, 1.165) is 0 Å². The quantitative estimate of drug-likeness (QED) is 0.615. The number of nitro groups is 1. The van der Waals surface area contributed by atoms with Crippen molar-refractivity contribution >= 4 is 11.6 Å². The van der Waals surface area contributed by atoms with E-state index in [4.69, 9.17) is 0 Å². The molecule has 1 N–H and O–H groups in total. The second-order valence-corrected chi connectivity index (χ2v) is 4.87. The Balaban J connectivity index is 2.22. The van der Waals surface area contributed by atoms with Crippen LogP contribution in [0.1, 0.15) is 13.8 Å². The van der Waals surface area contributed by atoms with Crippen LogP contribution in [0.4, 0.5) is 11.6 Å². The number of hydrogen-bond donors (Lipinski definition) is 1. The lowest BCUT2D eigenvalue weighted by molar-refractivity contribution is -0.388. The van der Waals surface area contributed by atoms with Gasteiger partial charge in [0.1, 0.15) is 5.60 Å². The lowest BCUT2D eigenvalue weighted by atomic mass is 9.83. The number of β-amino-alcohol motifs (C(OH)–C–C–N with tert-alkyl or cyclic N) is 1. The highest BCUT2D eigenvalue weighted by Gasteiger charge is 2.46. The molecule has 0 radical (unpaired) electrons. The standard InChI is InChI=1S/C10H16N4O3/c1-7(2)10(15)4-13(5-10)9-8(14(16)17)11-6-12(9)3/h6-7,15H,4-5H2,1-3H3. The molecule has 0 atom stereocenters. The number of nitrogens with zero attached hydrogens (tertiary/aromatic N) is 4. The van der Waals surface area contributed by atoms with Crippen LogP contribution in [-0.2, 0) is 7.05 Å². The van der Waals surface area contributed by atoms with E-state index in [1.165, 1.54) is 6.33 Å². The van der Waals surface area contributed by atoms with Gasteiger partial charge < -0.3 is 20.1 Å². The molecule has 1 aromatic rings. The Kier molecular flexibility index (Phi) is 2.57. The molecule has 1 aromatic heterocycles. The normalized spacial score (nSPS) is 18.3. The number of aryl methyl sites for hydroxylation is 1. The van der Waals surface area contributed by atoms with Gasteiger partial charge in [-0.05, 0) is 15.8 Å². The molecule has 0 bridgehead atoms. The zero-order chi connectivity index (χ0) is 12.8. The molecule has 0 saturated carbocycles. The maximum absolute atomic E-state index is 10.8. The molecule has 7 heteroatoms. The van der Waals surface area contributed by atoms with Crippen molar-refractivity contribution in [3.63, 3.8) is 0 Å². The third kappa shape index (κ3) is 1.76. The Morgan fingerprint density at radius 1 is 1.59 bits per heavy atom. The van der Waals surface area contributed by atoms with Gasteiger partial charge in [0.15, 0.2) is 0 Å². The number of hydrogen-bond acceptors (Lipinski definition) is 5. The first-order chi connectivity index (χ1) is 7.85. The summed E-state index contributed by atoms with van der Waals surface area (Å²) >= 11 is 0. The SMILES string of the molecule is CC(C)C1(O)CN(c2c([N+](=O)[O-])ncn2C)C1. The van der Waals surface area contributed by atoms with Crippen molar-refractivity contribution in [2.45, 2.75) is 19.4 Å². The predicted molar refractivity (Wildman–Crippen MR) is 61.9 cm³/mol. The zero-order valence-electron chi connectivity index (χ0n) is 10.1. The minimum Gasteiger partial charge on any atom is -0.386 e. The molecule has 0 aliphatic carbocycles. The van der Waals surface area contributed by atoms with Crippen molar-refractivity contribution in [2.75, 3.05) is 18.0 Å². The number of anilines is 1. The van der Waals surface area contributed by atoms with Gasteiger partial charge in [0.2, 0.25) is 12.1 Å². The van der Waals surface area contributed by atoms with E-state index in [0.29, 0.717) is 18.9 Å². The molecule has 1 aliphatic heterocycles. The fraction of sp³-hybridized carbons (Fsp3) is 0.700. The molecule has 0 aromatic carbocycles. The van der Waals surface area contributed by atoms with Crippen molar-refractivity contribution in [3.05, 3.63) is 16.4 Å². The number of aliphatic hydroxyl groups is 1. The molecule has 1 fully saturated rings. The van der Waals surface area contributed by atoms with Crippen LogP contribution in [0.15, 0.2) is 6.33 Å². The zero-order valence-corrected chi connectivity index (χ0v) is 10.1. The van der Waals surface area contributed by atoms with Crippen LogP contribution < -0.4 is 4.90 Å². The summed E-state index contributed by atoms with van der Waals surface area (Å²) < 4.78 is 1.61. The highest BCUT2D eigenvalue weighted by atomic mass is 16.6. The van der Waals surface area contributed by atoms with Crippen molar-refractivity contribution in [1.82, 2.24) is 9.55 Å². The topological polar surface area (TPSA) is 84.4 Å². The Bertz CT molecular complexity index is 448. The second-order valence-electron chi connectivity index (χ2n) is 4.87. The smallest absolute Gasteiger partial charge is 0.386 e. The highest BCUT2D eigenvalue weighted by Crippen LogP contribution is 2.36. The Morgan fingerprint density at radius 2 is 2.18 bits per heavy atom. The Labute approximate surface area is 98.8 Å². The van der Waals surface area contributed by atoms with Crippen LogP contribution >= 0.6 is 0 Å². The summed E-state index contributed by atoms with van der Waals surface area (Å²) in [6.07, 6.45) is 1.42. The largest absolute Gasteiger partial charge is 0.406 e. The molecule has 1 saturated heterocycles. The van der Waals surface area contributed by atoms with E-state index < -0.39 is 10.5 Å². The van der Waals surface area contributed by atoms with Crippen molar-refractivity contribution in [2.24, 2.45) is 13.0 Å². The highest BCUT2D eigenvalue weighted by molar-refractivity contribution is 5.57. The summed E-state index contributed by atoms with van der Waals surface area (Å²) in [6.45, 7) is 4.69. The molecule has 1 aliphatic rings. The first kappa shape index (κ1) is 11.8. The van der Waals surface area contributed by atoms with Gasteiger partial charge in [0.25, 0.3) is 0 Å². The lowest BCUT2D eigenvalue weighted by Crippen LogP contribution is -2.65. The molecule has 0 amide bonds. The van der Waals surface area contributed by atoms with Gasteiger partial charge in [0.05, 0.1) is 13.1 Å². The van der Waals surface area contributed by atoms with Crippen LogP contribution in [-0.4, -0.2) is 38.3 Å². The number of aromatic nitrogens is 2. The van der Waals surface area contributed by atoms with Gasteiger partial charge in [-0.1, -0.05) is 13.8 Å². The van der Waals surface area contributed by atoms with Gasteiger partial charge >= 0.3 is 5.82 Å². The van der Waals surface area contributed by atoms with E-state index in [9.17, 15) is 15.2 Å². The van der Waals surface area contributed by atoms with E-state index in [-0.39, 0.29) is 11.7 Å². The van der Waals surface area contributed by atoms with Crippen LogP contribution in [0.3, 0.4) is 0 Å². The fourth-order valence-corrected chi connectivity index (χ4v) is 2.03. The van der Waals surface area contributed by atoms with Crippen molar-refractivity contribution in [1.29, 1.82) is 0 Å². The minimum absolute atomic E-state index is 0.131. The lowest BCUT2D eigenvalue weighted by Gasteiger charge is -2.49. The van der Waals surface area contributed by atoms with E-state index in [1.54, 1.807) is 16.5 Å². The van der Waals surface area contributed by atoms with Crippen molar-refractivity contribution in [3.8, 4) is 0 Å². The summed E-state index contributed by atoms with van der Waals surface area (Å²) in [5.74, 6) is 0.435. The molecule has 2 rings (SSSR count). The third-order valence-electron chi connectivity index (χ3n) is 3.36.